The van der Waals surface area contributed by atoms with E-state index in [-0.39, 0.29) is 5.76 Å². The van der Waals surface area contributed by atoms with Gasteiger partial charge in [-0.25, -0.2) is 0 Å². The molecule has 6 nitrogen and oxygen atoms in total. The number of nitrogens with zero attached hydrogens (tertiary/aromatic N) is 2. The fourth-order valence-electron chi connectivity index (χ4n) is 1.44. The van der Waals surface area contributed by atoms with Crippen molar-refractivity contribution >= 4 is 22.8 Å². The molecule has 0 fully saturated rings. The van der Waals surface area contributed by atoms with Gasteiger partial charge in [0.1, 0.15) is 11.8 Å². The molecule has 0 aliphatic carbocycles. The maximum Gasteiger partial charge on any atom is 0.292 e. The molecule has 3 aromatic heterocycles. The van der Waals surface area contributed by atoms with Crippen molar-refractivity contribution in [2.45, 2.75) is 0 Å². The minimum Gasteiger partial charge on any atom is -0.449 e. The molecular formula is C11H7N3O3. The molecule has 1 amide bonds. The molecule has 0 radical (unpaired) electrons. The van der Waals surface area contributed by atoms with Gasteiger partial charge in [-0.3, -0.25) is 9.78 Å². The molecule has 0 spiro atoms. The van der Waals surface area contributed by atoms with Gasteiger partial charge < -0.3 is 14.3 Å². The van der Waals surface area contributed by atoms with Crippen LogP contribution in [0, 0.1) is 0 Å². The summed E-state index contributed by atoms with van der Waals surface area (Å²) in [5.74, 6) is 0.127. The monoisotopic (exact) mass is 229 g/mol. The number of furan rings is 1. The fraction of sp³-hybridized carbons (Fsp3) is 0. The maximum absolute atomic E-state index is 11.8. The van der Waals surface area contributed by atoms with E-state index in [2.05, 4.69) is 20.0 Å². The number of carbonyl (C=O) groups excluding carboxylic acids is 1. The summed E-state index contributed by atoms with van der Waals surface area (Å²) >= 11 is 0. The lowest BCUT2D eigenvalue weighted by Gasteiger charge is -1.95. The first-order valence-corrected chi connectivity index (χ1v) is 4.89. The van der Waals surface area contributed by atoms with Crippen LogP contribution in [-0.4, -0.2) is 16.0 Å². The number of carbonyl (C=O) groups is 1. The summed E-state index contributed by atoms with van der Waals surface area (Å²) in [6.07, 6.45) is 3.01. The van der Waals surface area contributed by atoms with Gasteiger partial charge in [-0.2, -0.15) is 0 Å². The molecule has 17 heavy (non-hydrogen) atoms. The summed E-state index contributed by atoms with van der Waals surface area (Å²) in [4.78, 5) is 15.8. The van der Waals surface area contributed by atoms with E-state index in [1.807, 2.05) is 0 Å². The van der Waals surface area contributed by atoms with Gasteiger partial charge in [-0.15, -0.1) is 0 Å². The third kappa shape index (κ3) is 1.76. The van der Waals surface area contributed by atoms with Crippen LogP contribution in [0.2, 0.25) is 0 Å². The van der Waals surface area contributed by atoms with Crippen molar-refractivity contribution in [3.8, 4) is 0 Å². The predicted molar refractivity (Wildman–Crippen MR) is 58.5 cm³/mol. The van der Waals surface area contributed by atoms with Crippen LogP contribution in [-0.2, 0) is 0 Å². The summed E-state index contributed by atoms with van der Waals surface area (Å²) in [6, 6.07) is 6.60. The smallest absolute Gasteiger partial charge is 0.292 e. The maximum atomic E-state index is 11.8. The highest BCUT2D eigenvalue weighted by molar-refractivity contribution is 6.03. The topological polar surface area (TPSA) is 81.2 Å². The molecule has 0 aliphatic rings. The molecule has 0 atom stereocenters. The third-order valence-corrected chi connectivity index (χ3v) is 2.19. The van der Waals surface area contributed by atoms with Crippen LogP contribution >= 0.6 is 0 Å². The van der Waals surface area contributed by atoms with Gasteiger partial charge >= 0.3 is 0 Å². The molecule has 3 heterocycles. The first-order valence-electron chi connectivity index (χ1n) is 4.89. The Kier molecular flexibility index (Phi) is 2.11. The summed E-state index contributed by atoms with van der Waals surface area (Å²) in [5, 5.41) is 6.11. The van der Waals surface area contributed by atoms with Crippen molar-refractivity contribution in [2.24, 2.45) is 0 Å². The van der Waals surface area contributed by atoms with Crippen molar-refractivity contribution < 1.29 is 13.7 Å². The summed E-state index contributed by atoms with van der Waals surface area (Å²) in [7, 11) is 0. The number of fused-ring (bicyclic) bond motifs is 1. The minimum atomic E-state index is -0.392. The normalized spacial score (nSPS) is 10.6. The molecule has 3 aromatic rings. The Morgan fingerprint density at radius 1 is 1.35 bits per heavy atom. The van der Waals surface area contributed by atoms with E-state index in [4.69, 9.17) is 4.42 Å². The second-order valence-corrected chi connectivity index (χ2v) is 3.34. The zero-order valence-electron chi connectivity index (χ0n) is 8.58. The van der Waals surface area contributed by atoms with Crippen molar-refractivity contribution in [1.29, 1.82) is 0 Å². The van der Waals surface area contributed by atoms with E-state index in [1.54, 1.807) is 30.5 Å². The summed E-state index contributed by atoms with van der Waals surface area (Å²) in [6.45, 7) is 0. The van der Waals surface area contributed by atoms with Gasteiger partial charge in [-0.1, -0.05) is 5.16 Å². The van der Waals surface area contributed by atoms with Crippen molar-refractivity contribution in [3.05, 3.63) is 42.5 Å². The van der Waals surface area contributed by atoms with Gasteiger partial charge in [0.05, 0.1) is 0 Å². The quantitative estimate of drug-likeness (QED) is 0.727. The largest absolute Gasteiger partial charge is 0.449 e. The van der Waals surface area contributed by atoms with Gasteiger partial charge in [0.2, 0.25) is 0 Å². The Balaban J connectivity index is 1.90. The number of aromatic nitrogens is 2. The van der Waals surface area contributed by atoms with E-state index in [9.17, 15) is 4.79 Å². The minimum absolute atomic E-state index is 0.182. The number of pyridine rings is 1. The van der Waals surface area contributed by atoms with Crippen LogP contribution in [0.3, 0.4) is 0 Å². The third-order valence-electron chi connectivity index (χ3n) is 2.19. The SMILES string of the molecule is O=C(Nc1ccon1)c1cc2ncccc2o1. The van der Waals surface area contributed by atoms with Gasteiger partial charge in [0.15, 0.2) is 17.2 Å². The zero-order valence-corrected chi connectivity index (χ0v) is 8.58. The van der Waals surface area contributed by atoms with Crippen LogP contribution in [0.25, 0.3) is 11.1 Å². The van der Waals surface area contributed by atoms with Gasteiger partial charge in [-0.05, 0) is 12.1 Å². The fourth-order valence-corrected chi connectivity index (χ4v) is 1.44. The first-order chi connectivity index (χ1) is 8.33. The Morgan fingerprint density at radius 2 is 2.29 bits per heavy atom. The number of anilines is 1. The van der Waals surface area contributed by atoms with Crippen molar-refractivity contribution in [2.75, 3.05) is 5.32 Å². The molecule has 84 valence electrons. The molecule has 0 unspecified atom stereocenters. The summed E-state index contributed by atoms with van der Waals surface area (Å²) < 4.78 is 9.95. The highest BCUT2D eigenvalue weighted by Gasteiger charge is 2.13. The Bertz CT molecular complexity index is 624. The Morgan fingerprint density at radius 3 is 3.06 bits per heavy atom. The highest BCUT2D eigenvalue weighted by Crippen LogP contribution is 2.17. The zero-order chi connectivity index (χ0) is 11.7. The number of rotatable bonds is 2. The second kappa shape index (κ2) is 3.75. The van der Waals surface area contributed by atoms with Gasteiger partial charge in [0.25, 0.3) is 5.91 Å². The van der Waals surface area contributed by atoms with E-state index >= 15 is 0 Å². The molecule has 1 N–H and O–H groups in total. The van der Waals surface area contributed by atoms with Crippen LogP contribution in [0.15, 0.2) is 45.7 Å². The van der Waals surface area contributed by atoms with Crippen molar-refractivity contribution in [3.63, 3.8) is 0 Å². The standard InChI is InChI=1S/C11H7N3O3/c15-11(13-10-3-5-16-14-10)9-6-7-8(17-9)2-1-4-12-7/h1-6H,(H,13,14,15). The van der Waals surface area contributed by atoms with Crippen molar-refractivity contribution in [1.82, 2.24) is 10.1 Å². The first kappa shape index (κ1) is 9.59. The van der Waals surface area contributed by atoms with Crippen LogP contribution in [0.1, 0.15) is 10.6 Å². The Hall–Kier alpha value is -2.63. The lowest BCUT2D eigenvalue weighted by Crippen LogP contribution is -2.10. The van der Waals surface area contributed by atoms with E-state index in [1.165, 1.54) is 6.26 Å². The van der Waals surface area contributed by atoms with Crippen LogP contribution in [0.5, 0.6) is 0 Å². The molecule has 0 saturated carbocycles. The van der Waals surface area contributed by atoms with E-state index in [0.29, 0.717) is 16.9 Å². The highest BCUT2D eigenvalue weighted by atomic mass is 16.5. The van der Waals surface area contributed by atoms with E-state index in [0.717, 1.165) is 0 Å². The van der Waals surface area contributed by atoms with E-state index < -0.39 is 5.91 Å². The average Bonchev–Trinajstić information content (AvgIpc) is 2.96. The molecule has 0 bridgehead atoms. The molecule has 6 heteroatoms. The number of nitrogens with one attached hydrogen (secondary N) is 1. The molecule has 0 aromatic carbocycles. The number of hydrogen-bond donors (Lipinski definition) is 1. The molecule has 3 rings (SSSR count). The average molecular weight is 229 g/mol. The molecular weight excluding hydrogens is 222 g/mol. The van der Waals surface area contributed by atoms with Crippen LogP contribution < -0.4 is 5.32 Å². The number of amides is 1. The lowest BCUT2D eigenvalue weighted by atomic mass is 10.3. The second-order valence-electron chi connectivity index (χ2n) is 3.34. The molecule has 0 aliphatic heterocycles. The summed E-state index contributed by atoms with van der Waals surface area (Å²) in [5.41, 5.74) is 1.20. The van der Waals surface area contributed by atoms with Crippen LogP contribution in [0.4, 0.5) is 5.82 Å². The predicted octanol–water partition coefficient (Wildman–Crippen LogP) is 2.07. The molecule has 0 saturated heterocycles. The van der Waals surface area contributed by atoms with Gasteiger partial charge in [0, 0.05) is 18.3 Å². The Labute approximate surface area is 95.2 Å². The number of hydrogen-bond acceptors (Lipinski definition) is 5. The lowest BCUT2D eigenvalue weighted by molar-refractivity contribution is 0.0998.